The van der Waals surface area contributed by atoms with Crippen molar-refractivity contribution in [2.45, 2.75) is 4.90 Å². The molecule has 0 unspecified atom stereocenters. The number of benzene rings is 4. The number of thiophene rings is 1. The van der Waals surface area contributed by atoms with E-state index in [4.69, 9.17) is 0 Å². The summed E-state index contributed by atoms with van der Waals surface area (Å²) in [5.41, 5.74) is 3.83. The van der Waals surface area contributed by atoms with Gasteiger partial charge in [0.2, 0.25) is 5.91 Å². The van der Waals surface area contributed by atoms with Crippen LogP contribution in [0.5, 0.6) is 0 Å². The maximum atomic E-state index is 13.4. The standard InChI is InChI=1S/C35H25BrN4O3S2/c36-26-14-7-9-23(17-26)18-31(39-33(42)25-12-5-2-6-13-25)34(43)38-27-15-8-16-28(19-27)44-22-32(41)40-35-29(20-37)30(21-45-35)24-10-3-1-4-11-24/h1-19,21H,22H2,(H,38,43)(H,39,42)(H,40,41)/b31-18+. The third kappa shape index (κ3) is 8.58. The quantitative estimate of drug-likeness (QED) is 0.101. The molecule has 5 aromatic rings. The Morgan fingerprint density at radius 3 is 2.33 bits per heavy atom. The number of thioether (sulfide) groups is 1. The van der Waals surface area contributed by atoms with Crippen molar-refractivity contribution in [2.75, 3.05) is 16.4 Å². The maximum absolute atomic E-state index is 13.4. The molecular formula is C35H25BrN4O3S2. The number of hydrogen-bond donors (Lipinski definition) is 3. The number of halogens is 1. The molecule has 0 saturated heterocycles. The Bertz CT molecular complexity index is 1920. The van der Waals surface area contributed by atoms with Gasteiger partial charge in [-0.2, -0.15) is 5.26 Å². The molecule has 1 heterocycles. The van der Waals surface area contributed by atoms with Gasteiger partial charge in [-0.15, -0.1) is 23.1 Å². The lowest BCUT2D eigenvalue weighted by Gasteiger charge is -2.12. The number of nitrogens with zero attached hydrogens (tertiary/aromatic N) is 1. The normalized spacial score (nSPS) is 10.9. The number of anilines is 2. The molecule has 5 rings (SSSR count). The lowest BCUT2D eigenvalue weighted by Crippen LogP contribution is -2.30. The predicted molar refractivity (Wildman–Crippen MR) is 185 cm³/mol. The van der Waals surface area contributed by atoms with Crippen LogP contribution >= 0.6 is 39.0 Å². The van der Waals surface area contributed by atoms with Crippen molar-refractivity contribution in [3.05, 3.63) is 141 Å². The van der Waals surface area contributed by atoms with Gasteiger partial charge in [-0.05, 0) is 59.7 Å². The number of hydrogen-bond acceptors (Lipinski definition) is 6. The first-order valence-corrected chi connectivity index (χ1v) is 16.3. The van der Waals surface area contributed by atoms with Crippen LogP contribution < -0.4 is 16.0 Å². The maximum Gasteiger partial charge on any atom is 0.272 e. The summed E-state index contributed by atoms with van der Waals surface area (Å²) in [4.78, 5) is 39.9. The Morgan fingerprint density at radius 1 is 0.867 bits per heavy atom. The van der Waals surface area contributed by atoms with Crippen molar-refractivity contribution in [1.29, 1.82) is 5.26 Å². The number of nitriles is 1. The van der Waals surface area contributed by atoms with Crippen LogP contribution in [0.4, 0.5) is 10.7 Å². The summed E-state index contributed by atoms with van der Waals surface area (Å²) in [5, 5.41) is 20.6. The average Bonchev–Trinajstić information content (AvgIpc) is 3.46. The summed E-state index contributed by atoms with van der Waals surface area (Å²) in [6, 6.07) is 34.9. The molecule has 0 aliphatic heterocycles. The van der Waals surface area contributed by atoms with Crippen LogP contribution in [-0.2, 0) is 9.59 Å². The van der Waals surface area contributed by atoms with E-state index in [9.17, 15) is 19.6 Å². The summed E-state index contributed by atoms with van der Waals surface area (Å²) in [6.45, 7) is 0. The SMILES string of the molecule is N#Cc1c(-c2ccccc2)csc1NC(=O)CSc1cccc(NC(=O)/C(=C\c2cccc(Br)c2)NC(=O)c2ccccc2)c1. The van der Waals surface area contributed by atoms with E-state index in [1.54, 1.807) is 48.5 Å². The number of nitrogens with one attached hydrogen (secondary N) is 3. The average molecular weight is 694 g/mol. The van der Waals surface area contributed by atoms with Gasteiger partial charge in [0.25, 0.3) is 11.8 Å². The molecule has 3 N–H and O–H groups in total. The smallest absolute Gasteiger partial charge is 0.272 e. The lowest BCUT2D eigenvalue weighted by molar-refractivity contribution is -0.114. The molecule has 0 saturated carbocycles. The van der Waals surface area contributed by atoms with Crippen LogP contribution in [0.25, 0.3) is 17.2 Å². The highest BCUT2D eigenvalue weighted by molar-refractivity contribution is 9.10. The van der Waals surface area contributed by atoms with E-state index >= 15 is 0 Å². The molecule has 10 heteroatoms. The zero-order valence-corrected chi connectivity index (χ0v) is 26.8. The molecule has 0 bridgehead atoms. The molecule has 7 nitrogen and oxygen atoms in total. The van der Waals surface area contributed by atoms with Gasteiger partial charge in [-0.1, -0.05) is 82.7 Å². The molecule has 0 fully saturated rings. The van der Waals surface area contributed by atoms with E-state index < -0.39 is 11.8 Å². The van der Waals surface area contributed by atoms with Crippen molar-refractivity contribution < 1.29 is 14.4 Å². The molecule has 0 radical (unpaired) electrons. The minimum atomic E-state index is -0.505. The molecule has 0 atom stereocenters. The van der Waals surface area contributed by atoms with Gasteiger partial charge in [0.05, 0.1) is 11.3 Å². The minimum absolute atomic E-state index is 0.0681. The van der Waals surface area contributed by atoms with E-state index in [1.165, 1.54) is 23.1 Å². The fourth-order valence-electron chi connectivity index (χ4n) is 4.27. The second-order valence-electron chi connectivity index (χ2n) is 9.58. The molecule has 45 heavy (non-hydrogen) atoms. The van der Waals surface area contributed by atoms with Crippen LogP contribution in [0.3, 0.4) is 0 Å². The zero-order chi connectivity index (χ0) is 31.6. The molecule has 1 aromatic heterocycles. The van der Waals surface area contributed by atoms with E-state index in [2.05, 4.69) is 37.9 Å². The van der Waals surface area contributed by atoms with Gasteiger partial charge in [-0.25, -0.2) is 0 Å². The fraction of sp³-hybridized carbons (Fsp3) is 0.0286. The largest absolute Gasteiger partial charge is 0.321 e. The van der Waals surface area contributed by atoms with E-state index in [-0.39, 0.29) is 17.4 Å². The molecule has 0 spiro atoms. The predicted octanol–water partition coefficient (Wildman–Crippen LogP) is 8.19. The van der Waals surface area contributed by atoms with Gasteiger partial charge in [0.15, 0.2) is 0 Å². The van der Waals surface area contributed by atoms with Crippen molar-refractivity contribution in [2.24, 2.45) is 0 Å². The molecule has 0 aliphatic carbocycles. The van der Waals surface area contributed by atoms with Gasteiger partial charge in [0.1, 0.15) is 16.8 Å². The third-order valence-corrected chi connectivity index (χ3v) is 8.77. The Morgan fingerprint density at radius 2 is 1.60 bits per heavy atom. The highest BCUT2D eigenvalue weighted by Crippen LogP contribution is 2.35. The first-order valence-electron chi connectivity index (χ1n) is 13.6. The molecule has 0 aliphatic rings. The summed E-state index contributed by atoms with van der Waals surface area (Å²) >= 11 is 6.05. The topological polar surface area (TPSA) is 111 Å². The van der Waals surface area contributed by atoms with Gasteiger partial charge >= 0.3 is 0 Å². The van der Waals surface area contributed by atoms with E-state index in [1.807, 2.05) is 72.1 Å². The summed E-state index contributed by atoms with van der Waals surface area (Å²) in [7, 11) is 0. The fourth-order valence-corrected chi connectivity index (χ4v) is 6.38. The second kappa shape index (κ2) is 15.2. The molecule has 3 amide bonds. The molecule has 222 valence electrons. The van der Waals surface area contributed by atoms with Gasteiger partial charge < -0.3 is 16.0 Å². The molecular weight excluding hydrogens is 668 g/mol. The van der Waals surface area contributed by atoms with Crippen molar-refractivity contribution in [3.63, 3.8) is 0 Å². The van der Waals surface area contributed by atoms with Crippen molar-refractivity contribution in [3.8, 4) is 17.2 Å². The first kappa shape index (κ1) is 31.5. The van der Waals surface area contributed by atoms with Crippen LogP contribution in [-0.4, -0.2) is 23.5 Å². The number of carbonyl (C=O) groups excluding carboxylic acids is 3. The van der Waals surface area contributed by atoms with Crippen LogP contribution in [0.15, 0.2) is 130 Å². The second-order valence-corrected chi connectivity index (χ2v) is 12.4. The number of amides is 3. The first-order chi connectivity index (χ1) is 21.9. The number of carbonyl (C=O) groups is 3. The Kier molecular flexibility index (Phi) is 10.6. The van der Waals surface area contributed by atoms with Crippen LogP contribution in [0.2, 0.25) is 0 Å². The van der Waals surface area contributed by atoms with E-state index in [0.717, 1.165) is 26.1 Å². The van der Waals surface area contributed by atoms with Crippen LogP contribution in [0, 0.1) is 11.3 Å². The summed E-state index contributed by atoms with van der Waals surface area (Å²) < 4.78 is 0.832. The van der Waals surface area contributed by atoms with Gasteiger partial charge in [0, 0.05) is 31.6 Å². The van der Waals surface area contributed by atoms with E-state index in [0.29, 0.717) is 21.8 Å². The summed E-state index contributed by atoms with van der Waals surface area (Å²) in [5.74, 6) is -1.07. The highest BCUT2D eigenvalue weighted by Gasteiger charge is 2.17. The Hall–Kier alpha value is -4.95. The van der Waals surface area contributed by atoms with Crippen molar-refractivity contribution in [1.82, 2.24) is 5.32 Å². The monoisotopic (exact) mass is 692 g/mol. The number of rotatable bonds is 10. The lowest BCUT2D eigenvalue weighted by atomic mass is 10.1. The molecule has 4 aromatic carbocycles. The highest BCUT2D eigenvalue weighted by atomic mass is 79.9. The third-order valence-electron chi connectivity index (χ3n) is 6.39. The van der Waals surface area contributed by atoms with Gasteiger partial charge in [-0.3, -0.25) is 14.4 Å². The minimum Gasteiger partial charge on any atom is -0.321 e. The zero-order valence-electron chi connectivity index (χ0n) is 23.6. The Balaban J connectivity index is 1.25. The van der Waals surface area contributed by atoms with Crippen LogP contribution in [0.1, 0.15) is 21.5 Å². The van der Waals surface area contributed by atoms with Crippen molar-refractivity contribution >= 4 is 73.5 Å². The Labute approximate surface area is 277 Å². The summed E-state index contributed by atoms with van der Waals surface area (Å²) in [6.07, 6.45) is 1.60.